The van der Waals surface area contributed by atoms with Gasteiger partial charge in [-0.2, -0.15) is 0 Å². The number of halogens is 2. The minimum atomic E-state index is -1.07. The number of hydrogen-bond acceptors (Lipinski definition) is 1. The number of Topliss-reactive ketones (excluding diaryl/α,β-unsaturated/α-hetero) is 1. The molecule has 1 aliphatic carbocycles. The molecule has 3 heteroatoms. The Bertz CT molecular complexity index is 148. The van der Waals surface area contributed by atoms with Crippen molar-refractivity contribution in [3.05, 3.63) is 0 Å². The van der Waals surface area contributed by atoms with Crippen LogP contribution in [0, 0.1) is 5.92 Å². The summed E-state index contributed by atoms with van der Waals surface area (Å²) in [5.74, 6) is 0.115. The van der Waals surface area contributed by atoms with Crippen molar-refractivity contribution in [2.75, 3.05) is 5.33 Å². The highest BCUT2D eigenvalue weighted by molar-refractivity contribution is 9.09. The van der Waals surface area contributed by atoms with Crippen LogP contribution in [0.2, 0.25) is 0 Å². The van der Waals surface area contributed by atoms with E-state index in [4.69, 9.17) is 0 Å². The van der Waals surface area contributed by atoms with Gasteiger partial charge < -0.3 is 0 Å². The largest absolute Gasteiger partial charge is 0.298 e. The summed E-state index contributed by atoms with van der Waals surface area (Å²) >= 11 is 3.06. The van der Waals surface area contributed by atoms with Crippen molar-refractivity contribution in [3.63, 3.8) is 0 Å². The Morgan fingerprint density at radius 3 is 2.60 bits per heavy atom. The minimum absolute atomic E-state index is 0.0191. The molecule has 0 aromatic carbocycles. The highest BCUT2D eigenvalue weighted by Gasteiger charge is 2.43. The first-order valence-electron chi connectivity index (χ1n) is 3.33. The molecule has 1 nitrogen and oxygen atoms in total. The van der Waals surface area contributed by atoms with Crippen LogP contribution in [-0.2, 0) is 4.79 Å². The van der Waals surface area contributed by atoms with Crippen LogP contribution in [0.3, 0.4) is 0 Å². The van der Waals surface area contributed by atoms with Crippen molar-refractivity contribution in [3.8, 4) is 0 Å². The summed E-state index contributed by atoms with van der Waals surface area (Å²) in [5, 5.41) is 0.369. The third-order valence-electron chi connectivity index (χ3n) is 1.93. The van der Waals surface area contributed by atoms with Crippen LogP contribution in [0.5, 0.6) is 0 Å². The minimum Gasteiger partial charge on any atom is -0.298 e. The molecule has 0 N–H and O–H groups in total. The molecule has 0 atom stereocenters. The summed E-state index contributed by atoms with van der Waals surface area (Å²) in [4.78, 5) is 10.9. The van der Waals surface area contributed by atoms with Gasteiger partial charge in [0, 0.05) is 5.92 Å². The van der Waals surface area contributed by atoms with Gasteiger partial charge in [0.15, 0.2) is 0 Å². The number of rotatable bonds is 2. The maximum atomic E-state index is 12.8. The monoisotopic (exact) mass is 208 g/mol. The van der Waals surface area contributed by atoms with E-state index < -0.39 is 5.67 Å². The van der Waals surface area contributed by atoms with Gasteiger partial charge in [0.2, 0.25) is 0 Å². The Labute approximate surface area is 68.1 Å². The molecule has 10 heavy (non-hydrogen) atoms. The van der Waals surface area contributed by atoms with Crippen molar-refractivity contribution in [2.24, 2.45) is 5.92 Å². The predicted octanol–water partition coefficient (Wildman–Crippen LogP) is 2.09. The molecule has 0 aromatic rings. The third kappa shape index (κ3) is 1.57. The van der Waals surface area contributed by atoms with E-state index in [0.29, 0.717) is 18.2 Å². The first-order chi connectivity index (χ1) is 4.55. The summed E-state index contributed by atoms with van der Waals surface area (Å²) in [6.07, 6.45) is 0.828. The molecule has 1 aliphatic rings. The van der Waals surface area contributed by atoms with E-state index in [-0.39, 0.29) is 11.7 Å². The maximum Gasteiger partial charge on any atom is 0.146 e. The fraction of sp³-hybridized carbons (Fsp3) is 0.857. The molecule has 0 heterocycles. The fourth-order valence-corrected chi connectivity index (χ4v) is 1.76. The molecular weight excluding hydrogens is 199 g/mol. The van der Waals surface area contributed by atoms with E-state index in [0.717, 1.165) is 0 Å². The molecule has 0 spiro atoms. The highest BCUT2D eigenvalue weighted by atomic mass is 79.9. The predicted molar refractivity (Wildman–Crippen MR) is 41.0 cm³/mol. The van der Waals surface area contributed by atoms with Gasteiger partial charge in [0.05, 0.1) is 5.33 Å². The van der Waals surface area contributed by atoms with Crippen LogP contribution >= 0.6 is 15.9 Å². The Kier molecular flexibility index (Phi) is 2.13. The Morgan fingerprint density at radius 2 is 2.30 bits per heavy atom. The summed E-state index contributed by atoms with van der Waals surface area (Å²) in [5.41, 5.74) is -1.07. The van der Waals surface area contributed by atoms with Crippen molar-refractivity contribution >= 4 is 21.7 Å². The number of hydrogen-bond donors (Lipinski definition) is 0. The van der Waals surface area contributed by atoms with Gasteiger partial charge in [-0.25, -0.2) is 4.39 Å². The lowest BCUT2D eigenvalue weighted by molar-refractivity contribution is -0.128. The average Bonchev–Trinajstić information content (AvgIpc) is 1.81. The highest BCUT2D eigenvalue weighted by Crippen LogP contribution is 2.41. The van der Waals surface area contributed by atoms with Gasteiger partial charge in [0.1, 0.15) is 11.5 Å². The zero-order chi connectivity index (χ0) is 7.78. The zero-order valence-corrected chi connectivity index (χ0v) is 7.45. The fourth-order valence-electron chi connectivity index (χ4n) is 1.30. The van der Waals surface area contributed by atoms with Crippen LogP contribution in [0.1, 0.15) is 19.8 Å². The van der Waals surface area contributed by atoms with E-state index in [1.54, 1.807) is 6.92 Å². The van der Waals surface area contributed by atoms with E-state index >= 15 is 0 Å². The first kappa shape index (κ1) is 8.18. The molecule has 0 aromatic heterocycles. The summed E-state index contributed by atoms with van der Waals surface area (Å²) in [6.45, 7) is 1.55. The number of ketones is 1. The van der Waals surface area contributed by atoms with Gasteiger partial charge >= 0.3 is 0 Å². The molecule has 0 unspecified atom stereocenters. The van der Waals surface area contributed by atoms with E-state index in [1.165, 1.54) is 0 Å². The second-order valence-corrected chi connectivity index (χ2v) is 3.68. The molecule has 0 bridgehead atoms. The number of carbonyl (C=O) groups is 1. The molecule has 1 fully saturated rings. The van der Waals surface area contributed by atoms with Crippen LogP contribution in [0.25, 0.3) is 0 Å². The summed E-state index contributed by atoms with van der Waals surface area (Å²) in [7, 11) is 0. The van der Waals surface area contributed by atoms with Crippen molar-refractivity contribution in [1.82, 2.24) is 0 Å². The topological polar surface area (TPSA) is 17.1 Å². The van der Waals surface area contributed by atoms with E-state index in [1.807, 2.05) is 0 Å². The van der Waals surface area contributed by atoms with Gasteiger partial charge in [-0.3, -0.25) is 4.79 Å². The van der Waals surface area contributed by atoms with Crippen LogP contribution in [0.4, 0.5) is 4.39 Å². The van der Waals surface area contributed by atoms with E-state index in [2.05, 4.69) is 15.9 Å². The Hall–Kier alpha value is 0.0800. The lowest BCUT2D eigenvalue weighted by Crippen LogP contribution is -2.41. The molecule has 0 radical (unpaired) electrons. The molecule has 1 rings (SSSR count). The standard InChI is InChI=1S/C7H10BrFO/c1-7(9)2-5(3-7)6(10)4-8/h5H,2-4H2,1H3. The van der Waals surface area contributed by atoms with Crippen LogP contribution < -0.4 is 0 Å². The average molecular weight is 209 g/mol. The second-order valence-electron chi connectivity index (χ2n) is 3.12. The molecule has 0 amide bonds. The second kappa shape index (κ2) is 2.61. The van der Waals surface area contributed by atoms with Crippen molar-refractivity contribution in [2.45, 2.75) is 25.4 Å². The van der Waals surface area contributed by atoms with Crippen molar-refractivity contribution < 1.29 is 9.18 Å². The Morgan fingerprint density at radius 1 is 1.80 bits per heavy atom. The number of alkyl halides is 2. The molecule has 58 valence electrons. The van der Waals surface area contributed by atoms with Crippen LogP contribution in [0.15, 0.2) is 0 Å². The number of carbonyl (C=O) groups excluding carboxylic acids is 1. The molecular formula is C7H10BrFO. The maximum absolute atomic E-state index is 12.8. The molecule has 1 saturated carbocycles. The third-order valence-corrected chi connectivity index (χ3v) is 2.48. The van der Waals surface area contributed by atoms with Gasteiger partial charge in [0.25, 0.3) is 0 Å². The zero-order valence-electron chi connectivity index (χ0n) is 5.86. The summed E-state index contributed by atoms with van der Waals surface area (Å²) in [6, 6.07) is 0. The Balaban J connectivity index is 2.33. The molecule has 0 aliphatic heterocycles. The van der Waals surface area contributed by atoms with Gasteiger partial charge in [-0.1, -0.05) is 15.9 Å². The first-order valence-corrected chi connectivity index (χ1v) is 4.45. The van der Waals surface area contributed by atoms with Gasteiger partial charge in [-0.15, -0.1) is 0 Å². The van der Waals surface area contributed by atoms with Crippen molar-refractivity contribution in [1.29, 1.82) is 0 Å². The quantitative estimate of drug-likeness (QED) is 0.636. The van der Waals surface area contributed by atoms with Gasteiger partial charge in [-0.05, 0) is 19.8 Å². The normalized spacial score (nSPS) is 38.9. The van der Waals surface area contributed by atoms with Crippen LogP contribution in [-0.4, -0.2) is 16.8 Å². The smallest absolute Gasteiger partial charge is 0.146 e. The SMILES string of the molecule is CC1(F)CC(C(=O)CBr)C1. The summed E-state index contributed by atoms with van der Waals surface area (Å²) < 4.78 is 12.8. The lowest BCUT2D eigenvalue weighted by Gasteiger charge is -2.37. The molecule has 0 saturated heterocycles. The van der Waals surface area contributed by atoms with E-state index in [9.17, 15) is 9.18 Å². The lowest BCUT2D eigenvalue weighted by atomic mass is 9.72.